The summed E-state index contributed by atoms with van der Waals surface area (Å²) in [6.45, 7) is 2.68. The standard InChI is InChI=1S/C16H22N2O4/c1-12-9-14(16(20)18-13-5-4-6-17-11-13)22-15(10-12)21-8-3-2-7-19/h4-6,9,11-12,15,19H,2-3,7-8,10H2,1H3,(H,18,20)/t12-,15+/m0/s1. The predicted octanol–water partition coefficient (Wildman–Crippen LogP) is 2.08. The van der Waals surface area contributed by atoms with Gasteiger partial charge in [0.2, 0.25) is 6.29 Å². The number of unbranched alkanes of at least 4 members (excludes halogenated alkanes) is 1. The number of aromatic nitrogens is 1. The zero-order chi connectivity index (χ0) is 15.8. The summed E-state index contributed by atoms with van der Waals surface area (Å²) in [4.78, 5) is 16.2. The lowest BCUT2D eigenvalue weighted by atomic mass is 10.0. The summed E-state index contributed by atoms with van der Waals surface area (Å²) < 4.78 is 11.2. The van der Waals surface area contributed by atoms with Crippen molar-refractivity contribution in [2.45, 2.75) is 32.5 Å². The van der Waals surface area contributed by atoms with Crippen molar-refractivity contribution in [3.05, 3.63) is 36.4 Å². The van der Waals surface area contributed by atoms with Crippen molar-refractivity contribution in [1.29, 1.82) is 0 Å². The molecule has 120 valence electrons. The average Bonchev–Trinajstić information content (AvgIpc) is 2.52. The van der Waals surface area contributed by atoms with Gasteiger partial charge >= 0.3 is 0 Å². The number of aliphatic hydroxyl groups is 1. The van der Waals surface area contributed by atoms with Crippen LogP contribution in [0.15, 0.2) is 36.4 Å². The van der Waals surface area contributed by atoms with Crippen LogP contribution in [0.4, 0.5) is 5.69 Å². The second-order valence-electron chi connectivity index (χ2n) is 5.29. The fourth-order valence-corrected chi connectivity index (χ4v) is 2.15. The predicted molar refractivity (Wildman–Crippen MR) is 81.9 cm³/mol. The zero-order valence-electron chi connectivity index (χ0n) is 12.7. The van der Waals surface area contributed by atoms with Crippen LogP contribution in [0.5, 0.6) is 0 Å². The Kier molecular flexibility index (Phi) is 6.36. The summed E-state index contributed by atoms with van der Waals surface area (Å²) in [5, 5.41) is 11.5. The fourth-order valence-electron chi connectivity index (χ4n) is 2.15. The van der Waals surface area contributed by atoms with Crippen molar-refractivity contribution >= 4 is 11.6 Å². The highest BCUT2D eigenvalue weighted by molar-refractivity contribution is 6.02. The molecular formula is C16H22N2O4. The monoisotopic (exact) mass is 306 g/mol. The van der Waals surface area contributed by atoms with Crippen molar-refractivity contribution < 1.29 is 19.4 Å². The number of anilines is 1. The van der Waals surface area contributed by atoms with E-state index in [4.69, 9.17) is 14.6 Å². The number of carbonyl (C=O) groups is 1. The Morgan fingerprint density at radius 2 is 2.41 bits per heavy atom. The first-order chi connectivity index (χ1) is 10.7. The molecule has 6 heteroatoms. The minimum absolute atomic E-state index is 0.157. The van der Waals surface area contributed by atoms with Gasteiger partial charge in [0.05, 0.1) is 18.5 Å². The maximum Gasteiger partial charge on any atom is 0.290 e. The van der Waals surface area contributed by atoms with Crippen molar-refractivity contribution in [2.75, 3.05) is 18.5 Å². The van der Waals surface area contributed by atoms with Gasteiger partial charge in [-0.15, -0.1) is 0 Å². The van der Waals surface area contributed by atoms with Crippen molar-refractivity contribution in [1.82, 2.24) is 4.98 Å². The van der Waals surface area contributed by atoms with Crippen LogP contribution in [0.2, 0.25) is 0 Å². The van der Waals surface area contributed by atoms with E-state index in [0.717, 1.165) is 6.42 Å². The number of ether oxygens (including phenoxy) is 2. The SMILES string of the molecule is C[C@H]1C=C(C(=O)Nc2cccnc2)O[C@@H](OCCCCO)C1. The molecule has 0 radical (unpaired) electrons. The largest absolute Gasteiger partial charge is 0.459 e. The van der Waals surface area contributed by atoms with E-state index in [-0.39, 0.29) is 24.2 Å². The molecule has 6 nitrogen and oxygen atoms in total. The Balaban J connectivity index is 1.88. The molecular weight excluding hydrogens is 284 g/mol. The molecule has 0 bridgehead atoms. The molecule has 0 aromatic carbocycles. The van der Waals surface area contributed by atoms with Crippen molar-refractivity contribution in [3.63, 3.8) is 0 Å². The summed E-state index contributed by atoms with van der Waals surface area (Å²) in [7, 11) is 0. The number of hydrogen-bond donors (Lipinski definition) is 2. The van der Waals surface area contributed by atoms with Gasteiger partial charge in [-0.2, -0.15) is 0 Å². The smallest absolute Gasteiger partial charge is 0.290 e. The quantitative estimate of drug-likeness (QED) is 0.754. The Morgan fingerprint density at radius 1 is 1.55 bits per heavy atom. The first-order valence-corrected chi connectivity index (χ1v) is 7.51. The maximum absolute atomic E-state index is 12.2. The lowest BCUT2D eigenvalue weighted by Crippen LogP contribution is -2.29. The Hall–Kier alpha value is -1.92. The number of nitrogens with one attached hydrogen (secondary N) is 1. The van der Waals surface area contributed by atoms with Gasteiger partial charge < -0.3 is 19.9 Å². The van der Waals surface area contributed by atoms with E-state index in [9.17, 15) is 4.79 Å². The number of aliphatic hydroxyl groups excluding tert-OH is 1. The summed E-state index contributed by atoms with van der Waals surface area (Å²) in [5.74, 6) is 0.171. The second-order valence-corrected chi connectivity index (χ2v) is 5.29. The maximum atomic E-state index is 12.2. The van der Waals surface area contributed by atoms with Crippen LogP contribution in [0.3, 0.4) is 0 Å². The van der Waals surface area contributed by atoms with E-state index in [0.29, 0.717) is 25.1 Å². The van der Waals surface area contributed by atoms with Gasteiger partial charge in [0.15, 0.2) is 5.76 Å². The molecule has 0 saturated carbocycles. The van der Waals surface area contributed by atoms with Crippen LogP contribution in [-0.4, -0.2) is 35.5 Å². The number of rotatable bonds is 7. The van der Waals surface area contributed by atoms with Gasteiger partial charge in [-0.1, -0.05) is 6.92 Å². The normalized spacial score (nSPS) is 20.9. The van der Waals surface area contributed by atoms with Gasteiger partial charge in [0.25, 0.3) is 5.91 Å². The van der Waals surface area contributed by atoms with Crippen molar-refractivity contribution in [3.8, 4) is 0 Å². The molecule has 0 unspecified atom stereocenters. The topological polar surface area (TPSA) is 80.7 Å². The van der Waals surface area contributed by atoms with Crippen molar-refractivity contribution in [2.24, 2.45) is 5.92 Å². The lowest BCUT2D eigenvalue weighted by molar-refractivity contribution is -0.145. The van der Waals surface area contributed by atoms with E-state index < -0.39 is 6.29 Å². The van der Waals surface area contributed by atoms with Gasteiger partial charge in [-0.05, 0) is 37.0 Å². The molecule has 0 saturated heterocycles. The molecule has 0 fully saturated rings. The molecule has 1 aromatic rings. The first kappa shape index (κ1) is 16.5. The molecule has 2 atom stereocenters. The minimum atomic E-state index is -0.423. The summed E-state index contributed by atoms with van der Waals surface area (Å²) >= 11 is 0. The van der Waals surface area contributed by atoms with Crippen LogP contribution < -0.4 is 5.32 Å². The number of nitrogens with zero attached hydrogens (tertiary/aromatic N) is 1. The van der Waals surface area contributed by atoms with Crippen LogP contribution in [0.25, 0.3) is 0 Å². The summed E-state index contributed by atoms with van der Waals surface area (Å²) in [5.41, 5.74) is 0.621. The van der Waals surface area contributed by atoms with E-state index in [1.165, 1.54) is 0 Å². The lowest BCUT2D eigenvalue weighted by Gasteiger charge is -2.27. The second kappa shape index (κ2) is 8.51. The number of allylic oxidation sites excluding steroid dienone is 1. The number of carbonyl (C=O) groups excluding carboxylic acids is 1. The Bertz CT molecular complexity index is 504. The molecule has 0 spiro atoms. The molecule has 0 aliphatic carbocycles. The van der Waals surface area contributed by atoms with Crippen LogP contribution >= 0.6 is 0 Å². The third-order valence-corrected chi connectivity index (χ3v) is 3.26. The van der Waals surface area contributed by atoms with Gasteiger partial charge in [-0.3, -0.25) is 9.78 Å². The number of amides is 1. The fraction of sp³-hybridized carbons (Fsp3) is 0.500. The Labute approximate surface area is 130 Å². The molecule has 1 aliphatic rings. The van der Waals surface area contributed by atoms with Crippen LogP contribution in [-0.2, 0) is 14.3 Å². The van der Waals surface area contributed by atoms with E-state index in [2.05, 4.69) is 10.3 Å². The van der Waals surface area contributed by atoms with Crippen LogP contribution in [0.1, 0.15) is 26.2 Å². The average molecular weight is 306 g/mol. The highest BCUT2D eigenvalue weighted by Gasteiger charge is 2.25. The molecule has 1 aliphatic heterocycles. The highest BCUT2D eigenvalue weighted by atomic mass is 16.7. The first-order valence-electron chi connectivity index (χ1n) is 7.51. The van der Waals surface area contributed by atoms with Crippen LogP contribution in [0, 0.1) is 5.92 Å². The molecule has 2 rings (SSSR count). The van der Waals surface area contributed by atoms with E-state index in [1.807, 2.05) is 6.92 Å². The number of hydrogen-bond acceptors (Lipinski definition) is 5. The van der Waals surface area contributed by atoms with Gasteiger partial charge in [-0.25, -0.2) is 0 Å². The Morgan fingerprint density at radius 3 is 3.14 bits per heavy atom. The molecule has 1 aromatic heterocycles. The zero-order valence-corrected chi connectivity index (χ0v) is 12.7. The summed E-state index contributed by atoms with van der Waals surface area (Å²) in [6.07, 6.45) is 6.78. The third-order valence-electron chi connectivity index (χ3n) is 3.26. The highest BCUT2D eigenvalue weighted by Crippen LogP contribution is 2.24. The van der Waals surface area contributed by atoms with Gasteiger partial charge in [0, 0.05) is 19.2 Å². The van der Waals surface area contributed by atoms with E-state index >= 15 is 0 Å². The summed E-state index contributed by atoms with van der Waals surface area (Å²) in [6, 6.07) is 3.52. The number of pyridine rings is 1. The van der Waals surface area contributed by atoms with Gasteiger partial charge in [0.1, 0.15) is 0 Å². The molecule has 2 heterocycles. The molecule has 22 heavy (non-hydrogen) atoms. The minimum Gasteiger partial charge on any atom is -0.459 e. The third kappa shape index (κ3) is 5.13. The molecule has 2 N–H and O–H groups in total. The van der Waals surface area contributed by atoms with E-state index in [1.54, 1.807) is 30.6 Å². The molecule has 1 amide bonds.